The number of nitrogens with zero attached hydrogens (tertiary/aromatic N) is 1. The number of hydrogen-bond donors (Lipinski definition) is 0. The molecule has 4 heteroatoms. The van der Waals surface area contributed by atoms with Gasteiger partial charge in [0.05, 0.1) is 6.61 Å². The van der Waals surface area contributed by atoms with Crippen LogP contribution in [0.4, 0.5) is 0 Å². The molecular weight excluding hydrogens is 182 g/mol. The zero-order valence-electron chi connectivity index (χ0n) is 8.49. The standard InChI is InChI=1S/C10H16NO3/c1-2-14-10(13)8-9(12)11-6-4-3-5-7-11/h3H,2,4-8H2,1H3. The molecule has 0 spiro atoms. The van der Waals surface area contributed by atoms with Gasteiger partial charge in [0, 0.05) is 13.1 Å². The van der Waals surface area contributed by atoms with Crippen molar-refractivity contribution in [3.63, 3.8) is 0 Å². The minimum absolute atomic E-state index is 0.114. The van der Waals surface area contributed by atoms with Crippen LogP contribution in [0, 0.1) is 6.42 Å². The molecule has 1 saturated heterocycles. The molecule has 1 radical (unpaired) electrons. The van der Waals surface area contributed by atoms with Gasteiger partial charge in [-0.25, -0.2) is 0 Å². The average Bonchev–Trinajstić information content (AvgIpc) is 2.19. The minimum atomic E-state index is -0.424. The lowest BCUT2D eigenvalue weighted by Crippen LogP contribution is -2.37. The third kappa shape index (κ3) is 3.36. The molecule has 79 valence electrons. The van der Waals surface area contributed by atoms with Crippen LogP contribution in [0.3, 0.4) is 0 Å². The van der Waals surface area contributed by atoms with Crippen molar-refractivity contribution in [3.8, 4) is 0 Å². The summed E-state index contributed by atoms with van der Waals surface area (Å²) in [6.45, 7) is 3.54. The zero-order chi connectivity index (χ0) is 10.4. The lowest BCUT2D eigenvalue weighted by molar-refractivity contribution is -0.148. The van der Waals surface area contributed by atoms with Crippen molar-refractivity contribution >= 4 is 11.9 Å². The first-order valence-electron chi connectivity index (χ1n) is 4.99. The summed E-state index contributed by atoms with van der Waals surface area (Å²) < 4.78 is 4.71. The maximum absolute atomic E-state index is 11.5. The van der Waals surface area contributed by atoms with E-state index in [1.165, 1.54) is 0 Å². The van der Waals surface area contributed by atoms with Gasteiger partial charge in [0.15, 0.2) is 0 Å². The molecule has 1 fully saturated rings. The predicted molar refractivity (Wildman–Crippen MR) is 51.4 cm³/mol. The highest BCUT2D eigenvalue weighted by Crippen LogP contribution is 2.09. The number of ether oxygens (including phenoxy) is 1. The second kappa shape index (κ2) is 5.62. The van der Waals surface area contributed by atoms with Gasteiger partial charge >= 0.3 is 5.97 Å². The fourth-order valence-corrected chi connectivity index (χ4v) is 1.45. The molecule has 1 aliphatic rings. The van der Waals surface area contributed by atoms with Crippen molar-refractivity contribution < 1.29 is 14.3 Å². The van der Waals surface area contributed by atoms with Crippen LogP contribution in [0.2, 0.25) is 0 Å². The predicted octanol–water partition coefficient (Wildman–Crippen LogP) is 0.766. The van der Waals surface area contributed by atoms with Crippen LogP contribution in [-0.2, 0) is 14.3 Å². The number of carbonyl (C=O) groups excluding carboxylic acids is 2. The Labute approximate surface area is 84.2 Å². The summed E-state index contributed by atoms with van der Waals surface area (Å²) in [5, 5.41) is 0. The first-order valence-corrected chi connectivity index (χ1v) is 4.99. The van der Waals surface area contributed by atoms with E-state index in [-0.39, 0.29) is 12.3 Å². The number of esters is 1. The monoisotopic (exact) mass is 198 g/mol. The third-order valence-electron chi connectivity index (χ3n) is 2.16. The summed E-state index contributed by atoms with van der Waals surface area (Å²) >= 11 is 0. The van der Waals surface area contributed by atoms with Gasteiger partial charge < -0.3 is 9.64 Å². The van der Waals surface area contributed by atoms with Crippen LogP contribution in [-0.4, -0.2) is 36.5 Å². The number of carbonyl (C=O) groups is 2. The maximum Gasteiger partial charge on any atom is 0.315 e. The molecule has 0 aromatic heterocycles. The van der Waals surface area contributed by atoms with Crippen molar-refractivity contribution in [2.45, 2.75) is 26.2 Å². The lowest BCUT2D eigenvalue weighted by atomic mass is 10.1. The molecule has 1 heterocycles. The highest BCUT2D eigenvalue weighted by atomic mass is 16.5. The van der Waals surface area contributed by atoms with Crippen molar-refractivity contribution in [3.05, 3.63) is 6.42 Å². The Kier molecular flexibility index (Phi) is 4.43. The van der Waals surface area contributed by atoms with Gasteiger partial charge in [0.2, 0.25) is 5.91 Å². The van der Waals surface area contributed by atoms with E-state index < -0.39 is 5.97 Å². The second-order valence-corrected chi connectivity index (χ2v) is 3.23. The first kappa shape index (κ1) is 11.0. The number of likely N-dealkylation sites (tertiary alicyclic amines) is 1. The molecule has 1 amide bonds. The largest absolute Gasteiger partial charge is 0.466 e. The molecule has 0 aliphatic carbocycles. The molecule has 0 unspecified atom stereocenters. The molecule has 0 N–H and O–H groups in total. The molecule has 1 rings (SSSR count). The topological polar surface area (TPSA) is 46.6 Å². The number of piperidine rings is 1. The van der Waals surface area contributed by atoms with E-state index in [1.54, 1.807) is 11.8 Å². The van der Waals surface area contributed by atoms with Crippen LogP contribution in [0.1, 0.15) is 26.2 Å². The van der Waals surface area contributed by atoms with Gasteiger partial charge in [-0.15, -0.1) is 0 Å². The summed E-state index contributed by atoms with van der Waals surface area (Å²) in [5.74, 6) is -0.538. The van der Waals surface area contributed by atoms with Gasteiger partial charge in [-0.3, -0.25) is 9.59 Å². The summed E-state index contributed by atoms with van der Waals surface area (Å²) in [5.41, 5.74) is 0. The fourth-order valence-electron chi connectivity index (χ4n) is 1.45. The average molecular weight is 198 g/mol. The molecule has 0 atom stereocenters. The molecule has 1 aliphatic heterocycles. The van der Waals surface area contributed by atoms with Gasteiger partial charge in [-0.2, -0.15) is 0 Å². The van der Waals surface area contributed by atoms with Crippen molar-refractivity contribution in [1.82, 2.24) is 4.90 Å². The number of amides is 1. The van der Waals surface area contributed by atoms with Crippen LogP contribution in [0.5, 0.6) is 0 Å². The van der Waals surface area contributed by atoms with Crippen molar-refractivity contribution in [2.75, 3.05) is 19.7 Å². The Morgan fingerprint density at radius 3 is 2.57 bits per heavy atom. The van der Waals surface area contributed by atoms with Gasteiger partial charge in [-0.1, -0.05) is 0 Å². The Morgan fingerprint density at radius 1 is 1.36 bits per heavy atom. The fraction of sp³-hybridized carbons (Fsp3) is 0.700. The van der Waals surface area contributed by atoms with Gasteiger partial charge in [0.1, 0.15) is 6.42 Å². The smallest absolute Gasteiger partial charge is 0.315 e. The van der Waals surface area contributed by atoms with E-state index in [4.69, 9.17) is 4.74 Å². The molecule has 0 aromatic rings. The minimum Gasteiger partial charge on any atom is -0.466 e. The quantitative estimate of drug-likeness (QED) is 0.497. The van der Waals surface area contributed by atoms with E-state index in [0.29, 0.717) is 6.61 Å². The normalized spacial score (nSPS) is 16.5. The van der Waals surface area contributed by atoms with Crippen molar-refractivity contribution in [2.24, 2.45) is 0 Å². The number of hydrogen-bond acceptors (Lipinski definition) is 3. The van der Waals surface area contributed by atoms with E-state index >= 15 is 0 Å². The Hall–Kier alpha value is -1.06. The van der Waals surface area contributed by atoms with Crippen LogP contribution < -0.4 is 0 Å². The van der Waals surface area contributed by atoms with Crippen LogP contribution >= 0.6 is 0 Å². The van der Waals surface area contributed by atoms with Gasteiger partial charge in [0.25, 0.3) is 0 Å². The van der Waals surface area contributed by atoms with Crippen molar-refractivity contribution in [1.29, 1.82) is 0 Å². The molecule has 0 bridgehead atoms. The van der Waals surface area contributed by atoms with E-state index in [2.05, 4.69) is 6.42 Å². The highest BCUT2D eigenvalue weighted by Gasteiger charge is 2.19. The first-order chi connectivity index (χ1) is 6.74. The highest BCUT2D eigenvalue weighted by molar-refractivity contribution is 5.94. The maximum atomic E-state index is 11.5. The molecule has 4 nitrogen and oxygen atoms in total. The molecule has 0 aromatic carbocycles. The van der Waals surface area contributed by atoms with E-state index in [0.717, 1.165) is 25.9 Å². The van der Waals surface area contributed by atoms with Crippen LogP contribution in [0.15, 0.2) is 0 Å². The summed E-state index contributed by atoms with van der Waals surface area (Å²) in [7, 11) is 0. The van der Waals surface area contributed by atoms with Crippen LogP contribution in [0.25, 0.3) is 0 Å². The summed E-state index contributed by atoms with van der Waals surface area (Å²) in [6, 6.07) is 0. The molecule has 0 saturated carbocycles. The third-order valence-corrected chi connectivity index (χ3v) is 2.16. The van der Waals surface area contributed by atoms with E-state index in [9.17, 15) is 9.59 Å². The Morgan fingerprint density at radius 2 is 2.00 bits per heavy atom. The van der Waals surface area contributed by atoms with E-state index in [1.807, 2.05) is 0 Å². The Bertz CT molecular complexity index is 209. The molecular formula is C10H16NO3. The zero-order valence-corrected chi connectivity index (χ0v) is 8.49. The Balaban J connectivity index is 2.29. The molecule has 14 heavy (non-hydrogen) atoms. The number of rotatable bonds is 3. The second-order valence-electron chi connectivity index (χ2n) is 3.23. The van der Waals surface area contributed by atoms with Gasteiger partial charge in [-0.05, 0) is 26.2 Å². The SMILES string of the molecule is CCOC(=O)CC(=O)N1CC[CH]CC1. The summed E-state index contributed by atoms with van der Waals surface area (Å²) in [4.78, 5) is 24.2. The lowest BCUT2D eigenvalue weighted by Gasteiger charge is -2.26. The summed E-state index contributed by atoms with van der Waals surface area (Å²) in [6.07, 6.45) is 3.89.